The largest absolute Gasteiger partial charge is 0.394 e. The topological polar surface area (TPSA) is 122 Å². The monoisotopic (exact) mass is 458 g/mol. The molecular formula is C16H15IN2O6. The van der Waals surface area contributed by atoms with Gasteiger partial charge in [-0.25, -0.2) is 4.79 Å². The lowest BCUT2D eigenvalue weighted by molar-refractivity contribution is -0.0937. The zero-order valence-electron chi connectivity index (χ0n) is 12.9. The first kappa shape index (κ1) is 18.0. The third-order valence-electron chi connectivity index (χ3n) is 4.12. The van der Waals surface area contributed by atoms with E-state index in [4.69, 9.17) is 4.74 Å². The molecule has 2 heterocycles. The molecule has 1 fully saturated rings. The van der Waals surface area contributed by atoms with Crippen LogP contribution in [0.15, 0.2) is 46.1 Å². The van der Waals surface area contributed by atoms with E-state index < -0.39 is 41.6 Å². The maximum absolute atomic E-state index is 13.2. The van der Waals surface area contributed by atoms with Crippen LogP contribution < -0.4 is 11.2 Å². The normalized spacial score (nSPS) is 25.9. The van der Waals surface area contributed by atoms with Crippen LogP contribution >= 0.6 is 22.6 Å². The van der Waals surface area contributed by atoms with Gasteiger partial charge in [-0.2, -0.15) is 0 Å². The fraction of sp³-hybridized carbons (Fsp3) is 0.312. The van der Waals surface area contributed by atoms with Gasteiger partial charge in [-0.1, -0.05) is 30.3 Å². The van der Waals surface area contributed by atoms with Crippen molar-refractivity contribution in [3.8, 4) is 0 Å². The summed E-state index contributed by atoms with van der Waals surface area (Å²) in [6, 6.07) is 8.19. The Morgan fingerprint density at radius 3 is 2.64 bits per heavy atom. The van der Waals surface area contributed by atoms with Crippen LogP contribution in [0.2, 0.25) is 0 Å². The van der Waals surface area contributed by atoms with Gasteiger partial charge in [0.15, 0.2) is 0 Å². The van der Waals surface area contributed by atoms with Crippen molar-refractivity contribution < 1.29 is 19.7 Å². The van der Waals surface area contributed by atoms with Crippen LogP contribution in [-0.4, -0.2) is 44.4 Å². The fourth-order valence-electron chi connectivity index (χ4n) is 2.89. The Bertz CT molecular complexity index is 909. The summed E-state index contributed by atoms with van der Waals surface area (Å²) < 4.78 is 6.84. The van der Waals surface area contributed by atoms with Gasteiger partial charge in [-0.3, -0.25) is 19.1 Å². The predicted molar refractivity (Wildman–Crippen MR) is 95.4 cm³/mol. The first-order valence-corrected chi connectivity index (χ1v) is 8.55. The van der Waals surface area contributed by atoms with Gasteiger partial charge < -0.3 is 14.9 Å². The summed E-state index contributed by atoms with van der Waals surface area (Å²) in [6.07, 6.45) is -1.18. The molecule has 25 heavy (non-hydrogen) atoms. The number of carbonyl (C=O) groups is 1. The lowest BCUT2D eigenvalue weighted by Crippen LogP contribution is -2.50. The SMILES string of the molecule is O=C(c1ccccc1)[C@]1(n2cc(I)c(=O)[nH]c2=O)C[C@H](O)[C@@H](CO)O1. The Morgan fingerprint density at radius 2 is 2.04 bits per heavy atom. The molecule has 1 aliphatic rings. The Hall–Kier alpha value is -1.82. The molecule has 0 bridgehead atoms. The van der Waals surface area contributed by atoms with Gasteiger partial charge in [-0.15, -0.1) is 0 Å². The number of aliphatic hydroxyl groups is 2. The van der Waals surface area contributed by atoms with E-state index in [1.807, 2.05) is 0 Å². The molecule has 1 aliphatic heterocycles. The molecule has 8 nitrogen and oxygen atoms in total. The summed E-state index contributed by atoms with van der Waals surface area (Å²) in [4.78, 5) is 39.3. The summed E-state index contributed by atoms with van der Waals surface area (Å²) in [7, 11) is 0. The highest BCUT2D eigenvalue weighted by atomic mass is 127. The minimum absolute atomic E-state index is 0.183. The lowest BCUT2D eigenvalue weighted by Gasteiger charge is -2.29. The second kappa shape index (κ2) is 6.83. The number of ether oxygens (including phenoxy) is 1. The number of benzene rings is 1. The van der Waals surface area contributed by atoms with E-state index in [1.54, 1.807) is 52.9 Å². The molecule has 3 N–H and O–H groups in total. The molecule has 1 aromatic carbocycles. The number of halogens is 1. The van der Waals surface area contributed by atoms with Crippen molar-refractivity contribution in [2.75, 3.05) is 6.61 Å². The van der Waals surface area contributed by atoms with Crippen LogP contribution in [0.25, 0.3) is 0 Å². The minimum Gasteiger partial charge on any atom is -0.394 e. The van der Waals surface area contributed by atoms with Gasteiger partial charge in [0.2, 0.25) is 11.5 Å². The highest BCUT2D eigenvalue weighted by molar-refractivity contribution is 14.1. The van der Waals surface area contributed by atoms with Crippen LogP contribution in [-0.2, 0) is 10.5 Å². The number of rotatable bonds is 4. The molecule has 132 valence electrons. The van der Waals surface area contributed by atoms with Crippen molar-refractivity contribution in [1.82, 2.24) is 9.55 Å². The standard InChI is InChI=1S/C16H15IN2O6/c17-10-7-19(15(24)18-14(10)23)16(6-11(21)12(8-20)25-16)13(22)9-4-2-1-3-5-9/h1-5,7,11-12,20-21H,6,8H2,(H,18,23,24)/t11-,12+,16-/m0/s1. The van der Waals surface area contributed by atoms with E-state index in [1.165, 1.54) is 6.20 Å². The maximum Gasteiger partial charge on any atom is 0.331 e. The number of hydrogen-bond acceptors (Lipinski definition) is 6. The highest BCUT2D eigenvalue weighted by Gasteiger charge is 2.53. The van der Waals surface area contributed by atoms with E-state index in [-0.39, 0.29) is 15.6 Å². The number of aromatic amines is 1. The first-order valence-electron chi connectivity index (χ1n) is 7.47. The Morgan fingerprint density at radius 1 is 1.36 bits per heavy atom. The number of nitrogens with zero attached hydrogens (tertiary/aromatic N) is 1. The van der Waals surface area contributed by atoms with E-state index in [9.17, 15) is 24.6 Å². The number of nitrogens with one attached hydrogen (secondary N) is 1. The average molecular weight is 458 g/mol. The molecule has 9 heteroatoms. The van der Waals surface area contributed by atoms with E-state index in [0.717, 1.165) is 4.57 Å². The number of hydrogen-bond donors (Lipinski definition) is 3. The van der Waals surface area contributed by atoms with Gasteiger partial charge in [0.05, 0.1) is 16.3 Å². The second-order valence-electron chi connectivity index (χ2n) is 5.70. The molecule has 0 amide bonds. The van der Waals surface area contributed by atoms with E-state index >= 15 is 0 Å². The maximum atomic E-state index is 13.2. The number of Topliss-reactive ketones (excluding diaryl/α,β-unsaturated/α-hetero) is 1. The fourth-order valence-corrected chi connectivity index (χ4v) is 3.31. The summed E-state index contributed by atoms with van der Waals surface area (Å²) in [6.45, 7) is -0.514. The van der Waals surface area contributed by atoms with Gasteiger partial charge >= 0.3 is 5.69 Å². The number of H-pyrrole nitrogens is 1. The van der Waals surface area contributed by atoms with Crippen LogP contribution in [0.3, 0.4) is 0 Å². The van der Waals surface area contributed by atoms with Crippen LogP contribution in [0.1, 0.15) is 16.8 Å². The van der Waals surface area contributed by atoms with Gasteiger partial charge in [0.25, 0.3) is 5.56 Å². The van der Waals surface area contributed by atoms with Crippen molar-refractivity contribution in [3.05, 3.63) is 66.5 Å². The Balaban J connectivity index is 2.21. The summed E-state index contributed by atoms with van der Waals surface area (Å²) in [5, 5.41) is 19.6. The van der Waals surface area contributed by atoms with Gasteiger partial charge in [-0.05, 0) is 22.6 Å². The third-order valence-corrected chi connectivity index (χ3v) is 4.89. The first-order chi connectivity index (χ1) is 11.9. The molecule has 1 aromatic heterocycles. The van der Waals surface area contributed by atoms with E-state index in [2.05, 4.69) is 4.98 Å². The van der Waals surface area contributed by atoms with Crippen molar-refractivity contribution in [1.29, 1.82) is 0 Å². The number of ketones is 1. The molecule has 0 spiro atoms. The molecule has 0 saturated carbocycles. The minimum atomic E-state index is -1.85. The van der Waals surface area contributed by atoms with Crippen molar-refractivity contribution in [2.24, 2.45) is 0 Å². The second-order valence-corrected chi connectivity index (χ2v) is 6.86. The summed E-state index contributed by atoms with van der Waals surface area (Å²) in [5.41, 5.74) is -2.99. The summed E-state index contributed by atoms with van der Waals surface area (Å²) >= 11 is 1.74. The molecule has 0 unspecified atom stereocenters. The van der Waals surface area contributed by atoms with Gasteiger partial charge in [0, 0.05) is 18.2 Å². The van der Waals surface area contributed by atoms with Crippen LogP contribution in [0.5, 0.6) is 0 Å². The number of aromatic nitrogens is 2. The highest BCUT2D eigenvalue weighted by Crippen LogP contribution is 2.37. The summed E-state index contributed by atoms with van der Waals surface area (Å²) in [5.74, 6) is -0.548. The number of aliphatic hydroxyl groups excluding tert-OH is 2. The third kappa shape index (κ3) is 3.08. The molecule has 2 aromatic rings. The van der Waals surface area contributed by atoms with Crippen LogP contribution in [0, 0.1) is 3.57 Å². The zero-order chi connectivity index (χ0) is 18.2. The Labute approximate surface area is 155 Å². The van der Waals surface area contributed by atoms with Crippen LogP contribution in [0.4, 0.5) is 0 Å². The molecular weight excluding hydrogens is 443 g/mol. The molecule has 0 aliphatic carbocycles. The predicted octanol–water partition coefficient (Wildman–Crippen LogP) is -0.181. The molecule has 3 rings (SSSR count). The lowest BCUT2D eigenvalue weighted by atomic mass is 9.96. The smallest absolute Gasteiger partial charge is 0.331 e. The van der Waals surface area contributed by atoms with Crippen molar-refractivity contribution in [2.45, 2.75) is 24.4 Å². The van der Waals surface area contributed by atoms with E-state index in [0.29, 0.717) is 0 Å². The molecule has 1 saturated heterocycles. The Kier molecular flexibility index (Phi) is 4.91. The quantitative estimate of drug-likeness (QED) is 0.432. The zero-order valence-corrected chi connectivity index (χ0v) is 15.0. The van der Waals surface area contributed by atoms with Crippen molar-refractivity contribution in [3.63, 3.8) is 0 Å². The number of carbonyl (C=O) groups excluding carboxylic acids is 1. The average Bonchev–Trinajstić information content (AvgIpc) is 2.95. The molecule has 3 atom stereocenters. The van der Waals surface area contributed by atoms with Gasteiger partial charge in [0.1, 0.15) is 6.10 Å². The molecule has 0 radical (unpaired) electrons. The van der Waals surface area contributed by atoms with Crippen molar-refractivity contribution >= 4 is 28.4 Å².